The number of nitrogens with one attached hydrogen (secondary N) is 2. The van der Waals surface area contributed by atoms with Gasteiger partial charge in [-0.15, -0.1) is 0 Å². The Labute approximate surface area is 146 Å². The fourth-order valence-electron chi connectivity index (χ4n) is 3.18. The maximum absolute atomic E-state index is 4.45. The zero-order valence-electron chi connectivity index (χ0n) is 15.0. The van der Waals surface area contributed by atoms with E-state index in [9.17, 15) is 0 Å². The number of fused-ring (bicyclic) bond motifs is 1. The van der Waals surface area contributed by atoms with Crippen molar-refractivity contribution in [1.29, 1.82) is 0 Å². The number of aromatic amines is 2. The first-order chi connectivity index (χ1) is 12.0. The molecule has 132 valence electrons. The van der Waals surface area contributed by atoms with Crippen LogP contribution < -0.4 is 4.90 Å². The molecule has 0 unspecified atom stereocenters. The minimum Gasteiger partial charge on any atom is -0.352 e. The quantitative estimate of drug-likeness (QED) is 0.754. The molecule has 1 fully saturated rings. The zero-order chi connectivity index (χ0) is 17.4. The lowest BCUT2D eigenvalue weighted by molar-refractivity contribution is 0.246. The first kappa shape index (κ1) is 16.0. The molecule has 3 aromatic heterocycles. The Kier molecular flexibility index (Phi) is 3.91. The molecule has 0 aromatic carbocycles. The number of imidazole rings is 1. The summed E-state index contributed by atoms with van der Waals surface area (Å²) in [6, 6.07) is 2.19. The molecule has 0 bridgehead atoms. The van der Waals surface area contributed by atoms with Crippen LogP contribution in [0.1, 0.15) is 32.2 Å². The Morgan fingerprint density at radius 2 is 1.88 bits per heavy atom. The number of hydrogen-bond donors (Lipinski definition) is 2. The van der Waals surface area contributed by atoms with Gasteiger partial charge in [-0.25, -0.2) is 15.0 Å². The summed E-state index contributed by atoms with van der Waals surface area (Å²) in [5.41, 5.74) is 4.01. The molecule has 25 heavy (non-hydrogen) atoms. The maximum atomic E-state index is 4.45. The number of piperazine rings is 1. The Bertz CT molecular complexity index is 851. The number of aromatic nitrogens is 6. The smallest absolute Gasteiger partial charge is 0.182 e. The van der Waals surface area contributed by atoms with Crippen LogP contribution in [0.2, 0.25) is 0 Å². The van der Waals surface area contributed by atoms with Crippen molar-refractivity contribution in [3.05, 3.63) is 30.1 Å². The summed E-state index contributed by atoms with van der Waals surface area (Å²) in [5, 5.41) is 7.64. The zero-order valence-corrected chi connectivity index (χ0v) is 15.0. The standard InChI is InChI=1S/C17H24N8/c1-17(2,3)13-8-12(22-23-13)9-24-4-6-25(7-5-24)16-14-15(19-10-18-14)20-11-21-16/h8,10-11H,4-7,9H2,1-3H3,(H,22,23)(H,18,19,20,21). The molecule has 1 aliphatic rings. The van der Waals surface area contributed by atoms with E-state index < -0.39 is 0 Å². The van der Waals surface area contributed by atoms with Crippen LogP contribution in [0, 0.1) is 0 Å². The van der Waals surface area contributed by atoms with E-state index in [-0.39, 0.29) is 5.41 Å². The number of rotatable bonds is 3. The summed E-state index contributed by atoms with van der Waals surface area (Å²) < 4.78 is 0. The van der Waals surface area contributed by atoms with Crippen LogP contribution in [0.3, 0.4) is 0 Å². The monoisotopic (exact) mass is 340 g/mol. The fraction of sp³-hybridized carbons (Fsp3) is 0.529. The number of hydrogen-bond acceptors (Lipinski definition) is 6. The Morgan fingerprint density at radius 3 is 2.60 bits per heavy atom. The molecule has 0 radical (unpaired) electrons. The van der Waals surface area contributed by atoms with Gasteiger partial charge in [0.2, 0.25) is 0 Å². The van der Waals surface area contributed by atoms with Crippen LogP contribution in [0.4, 0.5) is 5.82 Å². The fourth-order valence-corrected chi connectivity index (χ4v) is 3.18. The van der Waals surface area contributed by atoms with E-state index in [4.69, 9.17) is 0 Å². The van der Waals surface area contributed by atoms with Crippen molar-refractivity contribution in [3.63, 3.8) is 0 Å². The third kappa shape index (κ3) is 3.21. The normalized spacial score (nSPS) is 16.7. The molecule has 1 saturated heterocycles. The Hall–Kier alpha value is -2.48. The van der Waals surface area contributed by atoms with E-state index in [0.29, 0.717) is 0 Å². The number of anilines is 1. The number of nitrogens with zero attached hydrogens (tertiary/aromatic N) is 6. The second-order valence-electron chi connectivity index (χ2n) is 7.59. The van der Waals surface area contributed by atoms with E-state index in [0.717, 1.165) is 55.4 Å². The molecule has 3 aromatic rings. The molecule has 2 N–H and O–H groups in total. The predicted molar refractivity (Wildman–Crippen MR) is 96.5 cm³/mol. The molecule has 0 saturated carbocycles. The van der Waals surface area contributed by atoms with Gasteiger partial charge in [-0.2, -0.15) is 5.10 Å². The van der Waals surface area contributed by atoms with Gasteiger partial charge in [-0.1, -0.05) is 20.8 Å². The molecule has 8 heteroatoms. The van der Waals surface area contributed by atoms with Gasteiger partial charge >= 0.3 is 0 Å². The third-order valence-electron chi connectivity index (χ3n) is 4.67. The molecule has 0 atom stereocenters. The highest BCUT2D eigenvalue weighted by atomic mass is 15.3. The van der Waals surface area contributed by atoms with Crippen molar-refractivity contribution in [2.75, 3.05) is 31.1 Å². The van der Waals surface area contributed by atoms with Gasteiger partial charge in [0.05, 0.1) is 12.0 Å². The van der Waals surface area contributed by atoms with Crippen molar-refractivity contribution < 1.29 is 0 Å². The minimum atomic E-state index is 0.0793. The summed E-state index contributed by atoms with van der Waals surface area (Å²) >= 11 is 0. The molecular weight excluding hydrogens is 316 g/mol. The van der Waals surface area contributed by atoms with Crippen LogP contribution in [0.25, 0.3) is 11.2 Å². The largest absolute Gasteiger partial charge is 0.352 e. The van der Waals surface area contributed by atoms with Gasteiger partial charge in [-0.05, 0) is 6.07 Å². The lowest BCUT2D eigenvalue weighted by Gasteiger charge is -2.35. The first-order valence-corrected chi connectivity index (χ1v) is 8.67. The van der Waals surface area contributed by atoms with Crippen LogP contribution in [0.15, 0.2) is 18.7 Å². The van der Waals surface area contributed by atoms with Crippen molar-refractivity contribution in [1.82, 2.24) is 35.0 Å². The highest BCUT2D eigenvalue weighted by molar-refractivity contribution is 5.82. The molecule has 4 rings (SSSR count). The highest BCUT2D eigenvalue weighted by Gasteiger charge is 2.22. The van der Waals surface area contributed by atoms with Crippen LogP contribution in [-0.2, 0) is 12.0 Å². The Balaban J connectivity index is 1.40. The second kappa shape index (κ2) is 6.11. The topological polar surface area (TPSA) is 89.6 Å². The average molecular weight is 340 g/mol. The average Bonchev–Trinajstić information content (AvgIpc) is 3.23. The highest BCUT2D eigenvalue weighted by Crippen LogP contribution is 2.23. The van der Waals surface area contributed by atoms with Crippen molar-refractivity contribution in [3.8, 4) is 0 Å². The number of H-pyrrole nitrogens is 2. The molecular formula is C17H24N8. The van der Waals surface area contributed by atoms with Crippen LogP contribution in [0.5, 0.6) is 0 Å². The summed E-state index contributed by atoms with van der Waals surface area (Å²) in [5.74, 6) is 0.943. The van der Waals surface area contributed by atoms with Crippen LogP contribution >= 0.6 is 0 Å². The SMILES string of the molecule is CC(C)(C)c1cc(CN2CCN(c3ncnc4nc[nH]c34)CC2)[nH]n1. The summed E-state index contributed by atoms with van der Waals surface area (Å²) in [7, 11) is 0. The first-order valence-electron chi connectivity index (χ1n) is 8.67. The third-order valence-corrected chi connectivity index (χ3v) is 4.67. The summed E-state index contributed by atoms with van der Waals surface area (Å²) in [6.07, 6.45) is 3.26. The van der Waals surface area contributed by atoms with E-state index in [2.05, 4.69) is 66.8 Å². The Morgan fingerprint density at radius 1 is 1.08 bits per heavy atom. The molecule has 0 amide bonds. The van der Waals surface area contributed by atoms with Crippen LogP contribution in [-0.4, -0.2) is 61.2 Å². The van der Waals surface area contributed by atoms with Gasteiger partial charge in [0.25, 0.3) is 0 Å². The maximum Gasteiger partial charge on any atom is 0.182 e. The van der Waals surface area contributed by atoms with E-state index in [1.807, 2.05) is 0 Å². The lowest BCUT2D eigenvalue weighted by Crippen LogP contribution is -2.46. The van der Waals surface area contributed by atoms with Gasteiger partial charge in [0, 0.05) is 43.8 Å². The van der Waals surface area contributed by atoms with E-state index in [1.165, 1.54) is 5.69 Å². The molecule has 1 aliphatic heterocycles. The minimum absolute atomic E-state index is 0.0793. The van der Waals surface area contributed by atoms with Gasteiger partial charge in [-0.3, -0.25) is 10.00 Å². The van der Waals surface area contributed by atoms with Crippen molar-refractivity contribution in [2.24, 2.45) is 0 Å². The molecule has 8 nitrogen and oxygen atoms in total. The van der Waals surface area contributed by atoms with Crippen molar-refractivity contribution >= 4 is 17.0 Å². The lowest BCUT2D eigenvalue weighted by atomic mass is 9.92. The van der Waals surface area contributed by atoms with E-state index >= 15 is 0 Å². The van der Waals surface area contributed by atoms with Gasteiger partial charge < -0.3 is 9.88 Å². The second-order valence-corrected chi connectivity index (χ2v) is 7.59. The summed E-state index contributed by atoms with van der Waals surface area (Å²) in [4.78, 5) is 20.7. The molecule has 0 spiro atoms. The molecule has 0 aliphatic carbocycles. The summed E-state index contributed by atoms with van der Waals surface area (Å²) in [6.45, 7) is 11.3. The van der Waals surface area contributed by atoms with Gasteiger partial charge in [0.15, 0.2) is 11.5 Å². The molecule has 4 heterocycles. The van der Waals surface area contributed by atoms with Gasteiger partial charge in [0.1, 0.15) is 11.8 Å². The van der Waals surface area contributed by atoms with E-state index in [1.54, 1.807) is 12.7 Å². The predicted octanol–water partition coefficient (Wildman–Crippen LogP) is 1.70. The van der Waals surface area contributed by atoms with Crippen molar-refractivity contribution in [2.45, 2.75) is 32.7 Å².